The predicted octanol–water partition coefficient (Wildman–Crippen LogP) is 2.03. The third kappa shape index (κ3) is 3.03. The summed E-state index contributed by atoms with van der Waals surface area (Å²) in [5, 5.41) is 13.5. The lowest BCUT2D eigenvalue weighted by molar-refractivity contribution is 0.0568. The Labute approximate surface area is 95.5 Å². The van der Waals surface area contributed by atoms with E-state index in [0.29, 0.717) is 6.54 Å². The summed E-state index contributed by atoms with van der Waals surface area (Å²) in [6.45, 7) is 3.23. The summed E-state index contributed by atoms with van der Waals surface area (Å²) in [6.07, 6.45) is 2.59. The quantitative estimate of drug-likeness (QED) is 0.800. The molecule has 0 aromatic heterocycles. The third-order valence-corrected chi connectivity index (χ3v) is 3.07. The van der Waals surface area contributed by atoms with E-state index in [9.17, 15) is 9.50 Å². The van der Waals surface area contributed by atoms with E-state index in [1.165, 1.54) is 25.0 Å². The van der Waals surface area contributed by atoms with Crippen molar-refractivity contribution in [2.24, 2.45) is 5.92 Å². The molecular weight excluding hydrogens is 205 g/mol. The molecule has 0 radical (unpaired) electrons. The van der Waals surface area contributed by atoms with Crippen LogP contribution in [0.1, 0.15) is 25.3 Å². The molecule has 1 atom stereocenters. The SMILES string of the molecule is CC(O)(CNCC1CC1)c1ccc(F)cc1. The van der Waals surface area contributed by atoms with E-state index in [2.05, 4.69) is 5.32 Å². The lowest BCUT2D eigenvalue weighted by Crippen LogP contribution is -2.36. The second kappa shape index (κ2) is 4.52. The molecule has 1 saturated carbocycles. The van der Waals surface area contributed by atoms with Crippen LogP contribution in [0, 0.1) is 11.7 Å². The Bertz CT molecular complexity index is 343. The zero-order valence-electron chi connectivity index (χ0n) is 9.54. The predicted molar refractivity (Wildman–Crippen MR) is 61.6 cm³/mol. The van der Waals surface area contributed by atoms with Gasteiger partial charge in [-0.15, -0.1) is 0 Å². The van der Waals surface area contributed by atoms with Gasteiger partial charge in [-0.25, -0.2) is 4.39 Å². The van der Waals surface area contributed by atoms with Crippen molar-refractivity contribution in [3.05, 3.63) is 35.6 Å². The normalized spacial score (nSPS) is 19.4. The Kier molecular flexibility index (Phi) is 3.26. The van der Waals surface area contributed by atoms with E-state index in [4.69, 9.17) is 0 Å². The first-order valence-corrected chi connectivity index (χ1v) is 5.77. The molecule has 1 aliphatic rings. The molecule has 0 bridgehead atoms. The van der Waals surface area contributed by atoms with Gasteiger partial charge in [0.1, 0.15) is 5.82 Å². The number of benzene rings is 1. The van der Waals surface area contributed by atoms with E-state index in [-0.39, 0.29) is 5.82 Å². The highest BCUT2D eigenvalue weighted by molar-refractivity contribution is 5.22. The first-order chi connectivity index (χ1) is 7.58. The summed E-state index contributed by atoms with van der Waals surface area (Å²) < 4.78 is 12.7. The van der Waals surface area contributed by atoms with Crippen LogP contribution in [-0.2, 0) is 5.60 Å². The van der Waals surface area contributed by atoms with E-state index in [1.54, 1.807) is 19.1 Å². The van der Waals surface area contributed by atoms with Crippen LogP contribution in [0.4, 0.5) is 4.39 Å². The van der Waals surface area contributed by atoms with Crippen molar-refractivity contribution in [2.75, 3.05) is 13.1 Å². The monoisotopic (exact) mass is 223 g/mol. The minimum absolute atomic E-state index is 0.273. The molecule has 0 heterocycles. The minimum atomic E-state index is -0.928. The fourth-order valence-corrected chi connectivity index (χ4v) is 1.75. The maximum absolute atomic E-state index is 12.7. The highest BCUT2D eigenvalue weighted by Crippen LogP contribution is 2.28. The molecular formula is C13H18FNO. The lowest BCUT2D eigenvalue weighted by Gasteiger charge is -2.24. The Balaban J connectivity index is 1.91. The van der Waals surface area contributed by atoms with E-state index in [1.807, 2.05) is 0 Å². The Morgan fingerprint density at radius 1 is 1.38 bits per heavy atom. The fraction of sp³-hybridized carbons (Fsp3) is 0.538. The average molecular weight is 223 g/mol. The summed E-state index contributed by atoms with van der Waals surface area (Å²) in [4.78, 5) is 0. The number of aliphatic hydroxyl groups is 1. The second-order valence-electron chi connectivity index (χ2n) is 4.86. The first-order valence-electron chi connectivity index (χ1n) is 5.77. The fourth-order valence-electron chi connectivity index (χ4n) is 1.75. The van der Waals surface area contributed by atoms with Crippen LogP contribution < -0.4 is 5.32 Å². The first kappa shape index (κ1) is 11.6. The van der Waals surface area contributed by atoms with Gasteiger partial charge in [0.15, 0.2) is 0 Å². The zero-order valence-corrected chi connectivity index (χ0v) is 9.54. The Morgan fingerprint density at radius 3 is 2.56 bits per heavy atom. The van der Waals surface area contributed by atoms with Gasteiger partial charge in [0.2, 0.25) is 0 Å². The van der Waals surface area contributed by atoms with Crippen molar-refractivity contribution >= 4 is 0 Å². The maximum Gasteiger partial charge on any atom is 0.123 e. The molecule has 1 aliphatic carbocycles. The zero-order chi connectivity index (χ0) is 11.6. The Hall–Kier alpha value is -0.930. The molecule has 2 nitrogen and oxygen atoms in total. The molecule has 2 N–H and O–H groups in total. The van der Waals surface area contributed by atoms with Gasteiger partial charge in [-0.2, -0.15) is 0 Å². The standard InChI is InChI=1S/C13H18FNO/c1-13(16,9-15-8-10-2-3-10)11-4-6-12(14)7-5-11/h4-7,10,15-16H,2-3,8-9H2,1H3. The molecule has 0 amide bonds. The molecule has 0 spiro atoms. The summed E-state index contributed by atoms with van der Waals surface area (Å²) >= 11 is 0. The van der Waals surface area contributed by atoms with Gasteiger partial charge in [0.25, 0.3) is 0 Å². The average Bonchev–Trinajstić information content (AvgIpc) is 3.02. The summed E-state index contributed by atoms with van der Waals surface area (Å²) in [5.74, 6) is 0.523. The molecule has 1 fully saturated rings. The van der Waals surface area contributed by atoms with Crippen LogP contribution >= 0.6 is 0 Å². The molecule has 1 unspecified atom stereocenters. The number of rotatable bonds is 5. The van der Waals surface area contributed by atoms with Crippen LogP contribution in [0.15, 0.2) is 24.3 Å². The number of hydrogen-bond acceptors (Lipinski definition) is 2. The molecule has 2 rings (SSSR count). The van der Waals surface area contributed by atoms with Crippen LogP contribution in [-0.4, -0.2) is 18.2 Å². The molecule has 88 valence electrons. The summed E-state index contributed by atoms with van der Waals surface area (Å²) in [6, 6.07) is 6.03. The van der Waals surface area contributed by atoms with Crippen molar-refractivity contribution in [2.45, 2.75) is 25.4 Å². The number of hydrogen-bond donors (Lipinski definition) is 2. The molecule has 1 aromatic carbocycles. The molecule has 3 heteroatoms. The van der Waals surface area contributed by atoms with Crippen LogP contribution in [0.2, 0.25) is 0 Å². The minimum Gasteiger partial charge on any atom is -0.384 e. The van der Waals surface area contributed by atoms with Crippen molar-refractivity contribution in [1.29, 1.82) is 0 Å². The number of halogens is 1. The summed E-state index contributed by atoms with van der Waals surface area (Å²) in [7, 11) is 0. The lowest BCUT2D eigenvalue weighted by atomic mass is 9.96. The van der Waals surface area contributed by atoms with Gasteiger partial charge in [-0.05, 0) is 49.9 Å². The highest BCUT2D eigenvalue weighted by atomic mass is 19.1. The van der Waals surface area contributed by atoms with E-state index < -0.39 is 5.60 Å². The van der Waals surface area contributed by atoms with Gasteiger partial charge >= 0.3 is 0 Å². The van der Waals surface area contributed by atoms with Crippen LogP contribution in [0.5, 0.6) is 0 Å². The van der Waals surface area contributed by atoms with Gasteiger partial charge in [-0.3, -0.25) is 0 Å². The smallest absolute Gasteiger partial charge is 0.123 e. The number of nitrogens with one attached hydrogen (secondary N) is 1. The third-order valence-electron chi connectivity index (χ3n) is 3.07. The summed E-state index contributed by atoms with van der Waals surface area (Å²) in [5.41, 5.74) is -0.181. The van der Waals surface area contributed by atoms with Gasteiger partial charge in [0, 0.05) is 6.54 Å². The molecule has 1 aromatic rings. The van der Waals surface area contributed by atoms with Gasteiger partial charge in [-0.1, -0.05) is 12.1 Å². The van der Waals surface area contributed by atoms with Crippen molar-refractivity contribution < 1.29 is 9.50 Å². The van der Waals surface area contributed by atoms with Gasteiger partial charge < -0.3 is 10.4 Å². The second-order valence-corrected chi connectivity index (χ2v) is 4.86. The van der Waals surface area contributed by atoms with Crippen molar-refractivity contribution in [3.8, 4) is 0 Å². The van der Waals surface area contributed by atoms with E-state index in [0.717, 1.165) is 18.0 Å². The van der Waals surface area contributed by atoms with Crippen molar-refractivity contribution in [3.63, 3.8) is 0 Å². The van der Waals surface area contributed by atoms with Crippen LogP contribution in [0.3, 0.4) is 0 Å². The van der Waals surface area contributed by atoms with E-state index >= 15 is 0 Å². The highest BCUT2D eigenvalue weighted by Gasteiger charge is 2.25. The topological polar surface area (TPSA) is 32.3 Å². The van der Waals surface area contributed by atoms with Crippen LogP contribution in [0.25, 0.3) is 0 Å². The molecule has 0 saturated heterocycles. The van der Waals surface area contributed by atoms with Gasteiger partial charge in [0.05, 0.1) is 5.60 Å². The molecule has 0 aliphatic heterocycles. The molecule has 16 heavy (non-hydrogen) atoms. The maximum atomic E-state index is 12.7. The Morgan fingerprint density at radius 2 is 2.00 bits per heavy atom. The largest absolute Gasteiger partial charge is 0.384 e. The van der Waals surface area contributed by atoms with Crippen molar-refractivity contribution in [1.82, 2.24) is 5.32 Å².